The number of ether oxygens (including phenoxy) is 1. The van der Waals surface area contributed by atoms with Crippen molar-refractivity contribution in [1.82, 2.24) is 5.32 Å². The molecule has 1 fully saturated rings. The van der Waals surface area contributed by atoms with Gasteiger partial charge in [-0.1, -0.05) is 18.2 Å². The summed E-state index contributed by atoms with van der Waals surface area (Å²) in [6.07, 6.45) is -0.756. The molecule has 0 spiro atoms. The van der Waals surface area contributed by atoms with Crippen molar-refractivity contribution >= 4 is 18.7 Å². The molecule has 0 saturated carbocycles. The van der Waals surface area contributed by atoms with Crippen molar-refractivity contribution in [2.45, 2.75) is 83.8 Å². The molecule has 2 unspecified atom stereocenters. The Labute approximate surface area is 161 Å². The van der Waals surface area contributed by atoms with E-state index in [0.29, 0.717) is 6.42 Å². The van der Waals surface area contributed by atoms with Crippen LogP contribution in [0.1, 0.15) is 65.7 Å². The molecule has 0 bridgehead atoms. The quantitative estimate of drug-likeness (QED) is 0.777. The average molecular weight is 375 g/mol. The van der Waals surface area contributed by atoms with Crippen LogP contribution in [0.4, 0.5) is 4.79 Å². The summed E-state index contributed by atoms with van der Waals surface area (Å²) in [7, 11) is -0.449. The highest BCUT2D eigenvalue weighted by Crippen LogP contribution is 2.37. The molecule has 1 saturated heterocycles. The fraction of sp³-hybridized carbons (Fsp3) is 0.650. The van der Waals surface area contributed by atoms with Crippen LogP contribution in [0.5, 0.6) is 0 Å². The molecular formula is C20H30BNO5. The summed E-state index contributed by atoms with van der Waals surface area (Å²) in [5.74, 6) is 0. The first-order chi connectivity index (χ1) is 12.3. The number of amides is 1. The van der Waals surface area contributed by atoms with E-state index in [1.54, 1.807) is 0 Å². The van der Waals surface area contributed by atoms with Crippen molar-refractivity contribution in [1.29, 1.82) is 0 Å². The Bertz CT molecular complexity index is 724. The van der Waals surface area contributed by atoms with Crippen molar-refractivity contribution in [3.8, 4) is 0 Å². The minimum absolute atomic E-state index is 0.406. The Balaban J connectivity index is 1.73. The van der Waals surface area contributed by atoms with Gasteiger partial charge in [-0.2, -0.15) is 0 Å². The highest BCUT2D eigenvalue weighted by molar-refractivity contribution is 6.62. The summed E-state index contributed by atoms with van der Waals surface area (Å²) >= 11 is 0. The molecule has 2 atom stereocenters. The molecule has 0 radical (unpaired) electrons. The summed E-state index contributed by atoms with van der Waals surface area (Å²) in [6, 6.07) is 5.39. The predicted octanol–water partition coefficient (Wildman–Crippen LogP) is 2.47. The molecule has 1 aromatic carbocycles. The van der Waals surface area contributed by atoms with Gasteiger partial charge in [0.25, 0.3) is 0 Å². The summed E-state index contributed by atoms with van der Waals surface area (Å²) in [5, 5.41) is 13.4. The molecule has 0 aromatic heterocycles. The van der Waals surface area contributed by atoms with E-state index < -0.39 is 42.2 Å². The molecule has 2 aliphatic rings. The van der Waals surface area contributed by atoms with Gasteiger partial charge in [-0.25, -0.2) is 4.79 Å². The van der Waals surface area contributed by atoms with E-state index in [4.69, 9.17) is 14.0 Å². The van der Waals surface area contributed by atoms with Gasteiger partial charge in [0.05, 0.1) is 23.3 Å². The molecule has 3 rings (SSSR count). The summed E-state index contributed by atoms with van der Waals surface area (Å²) in [5.41, 5.74) is 1.32. The molecule has 1 aliphatic heterocycles. The topological polar surface area (TPSA) is 77.0 Å². The molecular weight excluding hydrogens is 345 g/mol. The van der Waals surface area contributed by atoms with E-state index in [0.717, 1.165) is 16.6 Å². The Morgan fingerprint density at radius 1 is 1.22 bits per heavy atom. The Kier molecular flexibility index (Phi) is 4.86. The normalized spacial score (nSPS) is 26.0. The maximum atomic E-state index is 12.0. The third kappa shape index (κ3) is 4.00. The van der Waals surface area contributed by atoms with E-state index in [1.165, 1.54) is 0 Å². The van der Waals surface area contributed by atoms with Crippen LogP contribution < -0.4 is 10.8 Å². The van der Waals surface area contributed by atoms with Crippen LogP contribution in [0, 0.1) is 0 Å². The van der Waals surface area contributed by atoms with Gasteiger partial charge in [0, 0.05) is 0 Å². The summed E-state index contributed by atoms with van der Waals surface area (Å²) in [4.78, 5) is 12.0. The van der Waals surface area contributed by atoms with Crippen molar-refractivity contribution in [3.05, 3.63) is 29.3 Å². The second-order valence-electron chi connectivity index (χ2n) is 9.45. The number of hydrogen-bond acceptors (Lipinski definition) is 5. The van der Waals surface area contributed by atoms with E-state index in [-0.39, 0.29) is 0 Å². The SMILES string of the molecule is CC(C)(C)OC(=O)NC1Cc2cc(B3OC(C)(C)C(C)(C)O3)ccc2C1O. The average Bonchev–Trinajstić information content (AvgIpc) is 2.90. The van der Waals surface area contributed by atoms with Crippen LogP contribution in [-0.2, 0) is 20.5 Å². The van der Waals surface area contributed by atoms with Gasteiger partial charge >= 0.3 is 13.2 Å². The van der Waals surface area contributed by atoms with Crippen molar-refractivity contribution in [2.24, 2.45) is 0 Å². The molecule has 7 heteroatoms. The lowest BCUT2D eigenvalue weighted by molar-refractivity contribution is 0.00578. The second-order valence-corrected chi connectivity index (χ2v) is 9.45. The third-order valence-electron chi connectivity index (χ3n) is 5.53. The number of rotatable bonds is 2. The monoisotopic (exact) mass is 375 g/mol. The van der Waals surface area contributed by atoms with Crippen LogP contribution in [0.2, 0.25) is 0 Å². The van der Waals surface area contributed by atoms with Crippen LogP contribution >= 0.6 is 0 Å². The van der Waals surface area contributed by atoms with Gasteiger partial charge in [0.15, 0.2) is 0 Å². The van der Waals surface area contributed by atoms with Gasteiger partial charge in [-0.15, -0.1) is 0 Å². The highest BCUT2D eigenvalue weighted by Gasteiger charge is 2.52. The fourth-order valence-electron chi connectivity index (χ4n) is 3.37. The van der Waals surface area contributed by atoms with Crippen molar-refractivity contribution in [3.63, 3.8) is 0 Å². The standard InChI is InChI=1S/C20H30BNO5/c1-18(2,3)25-17(24)22-15-11-12-10-13(8-9-14(12)16(15)23)21-26-19(4,5)20(6,7)27-21/h8-10,15-16,23H,11H2,1-7H3,(H,22,24). The van der Waals surface area contributed by atoms with Gasteiger partial charge in [-0.05, 0) is 71.5 Å². The molecule has 1 aliphatic carbocycles. The van der Waals surface area contributed by atoms with E-state index in [9.17, 15) is 9.90 Å². The van der Waals surface area contributed by atoms with Crippen LogP contribution in [0.25, 0.3) is 0 Å². The highest BCUT2D eigenvalue weighted by atomic mass is 16.7. The van der Waals surface area contributed by atoms with Gasteiger partial charge < -0.3 is 24.5 Å². The molecule has 2 N–H and O–H groups in total. The molecule has 1 amide bonds. The number of benzene rings is 1. The molecule has 1 heterocycles. The lowest BCUT2D eigenvalue weighted by Crippen LogP contribution is -2.41. The smallest absolute Gasteiger partial charge is 0.444 e. The predicted molar refractivity (Wildman–Crippen MR) is 104 cm³/mol. The minimum Gasteiger partial charge on any atom is -0.444 e. The Hall–Kier alpha value is -1.57. The van der Waals surface area contributed by atoms with Gasteiger partial charge in [0.2, 0.25) is 0 Å². The second kappa shape index (κ2) is 6.50. The van der Waals surface area contributed by atoms with Crippen LogP contribution in [0.3, 0.4) is 0 Å². The van der Waals surface area contributed by atoms with Crippen LogP contribution in [-0.4, -0.2) is 41.2 Å². The number of aliphatic hydroxyl groups is 1. The number of aliphatic hydroxyl groups excluding tert-OH is 1. The fourth-order valence-corrected chi connectivity index (χ4v) is 3.37. The number of hydrogen-bond donors (Lipinski definition) is 2. The number of carbonyl (C=O) groups is 1. The maximum absolute atomic E-state index is 12.0. The number of carbonyl (C=O) groups excluding carboxylic acids is 1. The van der Waals surface area contributed by atoms with Crippen molar-refractivity contribution < 1.29 is 23.9 Å². The molecule has 6 nitrogen and oxygen atoms in total. The van der Waals surface area contributed by atoms with E-state index in [2.05, 4.69) is 5.32 Å². The third-order valence-corrected chi connectivity index (χ3v) is 5.53. The van der Waals surface area contributed by atoms with Gasteiger partial charge in [0.1, 0.15) is 5.60 Å². The van der Waals surface area contributed by atoms with Crippen LogP contribution in [0.15, 0.2) is 18.2 Å². The molecule has 148 valence electrons. The minimum atomic E-state index is -0.764. The first-order valence-electron chi connectivity index (χ1n) is 9.45. The Morgan fingerprint density at radius 2 is 1.81 bits per heavy atom. The number of alkyl carbamates (subject to hydrolysis) is 1. The van der Waals surface area contributed by atoms with E-state index >= 15 is 0 Å². The lowest BCUT2D eigenvalue weighted by atomic mass is 9.78. The number of fused-ring (bicyclic) bond motifs is 1. The summed E-state index contributed by atoms with van der Waals surface area (Å²) in [6.45, 7) is 13.5. The first kappa shape index (κ1) is 20.2. The zero-order chi connectivity index (χ0) is 20.2. The zero-order valence-electron chi connectivity index (χ0n) is 17.3. The van der Waals surface area contributed by atoms with Crippen molar-refractivity contribution in [2.75, 3.05) is 0 Å². The van der Waals surface area contributed by atoms with E-state index in [1.807, 2.05) is 66.7 Å². The Morgan fingerprint density at radius 3 is 2.37 bits per heavy atom. The lowest BCUT2D eigenvalue weighted by Gasteiger charge is -2.32. The zero-order valence-corrected chi connectivity index (χ0v) is 17.3. The number of nitrogens with one attached hydrogen (secondary N) is 1. The molecule has 27 heavy (non-hydrogen) atoms. The summed E-state index contributed by atoms with van der Waals surface area (Å²) < 4.78 is 17.5. The van der Waals surface area contributed by atoms with Gasteiger partial charge in [-0.3, -0.25) is 0 Å². The maximum Gasteiger partial charge on any atom is 0.494 e. The molecule has 1 aromatic rings. The largest absolute Gasteiger partial charge is 0.494 e. The first-order valence-corrected chi connectivity index (χ1v) is 9.45.